The van der Waals surface area contributed by atoms with E-state index < -0.39 is 0 Å². The van der Waals surface area contributed by atoms with Gasteiger partial charge in [-0.2, -0.15) is 0 Å². The lowest BCUT2D eigenvalue weighted by Crippen LogP contribution is -2.27. The molecule has 100 valence electrons. The monoisotopic (exact) mass is 333 g/mol. The molecular weight excluding hydrogens is 317 g/mol. The maximum atomic E-state index is 13.3. The topological polar surface area (TPSA) is 12.0 Å². The first-order valence-corrected chi connectivity index (χ1v) is 7.67. The molecule has 0 aromatic heterocycles. The highest BCUT2D eigenvalue weighted by Crippen LogP contribution is 2.27. The zero-order chi connectivity index (χ0) is 13.0. The smallest absolute Gasteiger partial charge is 0.137 e. The molecule has 1 saturated carbocycles. The maximum Gasteiger partial charge on any atom is 0.137 e. The number of benzene rings is 1. The van der Waals surface area contributed by atoms with Gasteiger partial charge in [0, 0.05) is 11.9 Å². The van der Waals surface area contributed by atoms with Gasteiger partial charge in [-0.05, 0) is 59.3 Å². The van der Waals surface area contributed by atoms with E-state index in [0.717, 1.165) is 24.9 Å². The van der Waals surface area contributed by atoms with Crippen molar-refractivity contribution in [3.63, 3.8) is 0 Å². The highest BCUT2D eigenvalue weighted by Gasteiger charge is 2.19. The van der Waals surface area contributed by atoms with Crippen molar-refractivity contribution < 1.29 is 4.39 Å². The van der Waals surface area contributed by atoms with E-state index in [1.807, 2.05) is 6.07 Å². The molecule has 18 heavy (non-hydrogen) atoms. The number of halogens is 3. The Bertz CT molecular complexity index is 399. The summed E-state index contributed by atoms with van der Waals surface area (Å²) < 4.78 is 13.9. The summed E-state index contributed by atoms with van der Waals surface area (Å²) in [5.74, 6) is 0.460. The van der Waals surface area contributed by atoms with E-state index in [1.54, 1.807) is 6.07 Å². The van der Waals surface area contributed by atoms with Crippen LogP contribution in [-0.4, -0.2) is 11.9 Å². The lowest BCUT2D eigenvalue weighted by atomic mass is 9.89. The van der Waals surface area contributed by atoms with Crippen LogP contribution in [0.1, 0.15) is 31.2 Å². The third-order valence-corrected chi connectivity index (χ3v) is 4.78. The van der Waals surface area contributed by atoms with Crippen LogP contribution in [0.2, 0.25) is 0 Å². The summed E-state index contributed by atoms with van der Waals surface area (Å²) in [4.78, 5) is 0. The predicted octanol–water partition coefficient (Wildman–Crippen LogP) is 4.48. The molecule has 4 heteroatoms. The second-order valence-electron chi connectivity index (χ2n) is 4.97. The van der Waals surface area contributed by atoms with Gasteiger partial charge < -0.3 is 5.32 Å². The molecule has 1 aliphatic carbocycles. The molecule has 1 aliphatic rings. The summed E-state index contributed by atoms with van der Waals surface area (Å²) >= 11 is 9.45. The van der Waals surface area contributed by atoms with Gasteiger partial charge in [-0.15, -0.1) is 11.6 Å². The Kier molecular flexibility index (Phi) is 5.46. The van der Waals surface area contributed by atoms with E-state index >= 15 is 0 Å². The van der Waals surface area contributed by atoms with E-state index in [2.05, 4.69) is 21.2 Å². The van der Waals surface area contributed by atoms with Gasteiger partial charge in [-0.25, -0.2) is 4.39 Å². The second kappa shape index (κ2) is 6.88. The molecule has 0 heterocycles. The summed E-state index contributed by atoms with van der Waals surface area (Å²) in [5.41, 5.74) is 0.966. The molecule has 1 N–H and O–H groups in total. The number of rotatable bonds is 4. The van der Waals surface area contributed by atoms with E-state index in [9.17, 15) is 4.39 Å². The molecule has 0 bridgehead atoms. The number of hydrogen-bond acceptors (Lipinski definition) is 1. The van der Waals surface area contributed by atoms with Gasteiger partial charge in [0.15, 0.2) is 0 Å². The van der Waals surface area contributed by atoms with Gasteiger partial charge in [0.2, 0.25) is 0 Å². The Morgan fingerprint density at radius 1 is 1.39 bits per heavy atom. The molecule has 1 aromatic carbocycles. The van der Waals surface area contributed by atoms with Crippen LogP contribution in [0.4, 0.5) is 4.39 Å². The van der Waals surface area contributed by atoms with Crippen molar-refractivity contribution in [3.8, 4) is 0 Å². The standard InChI is InChI=1S/C14H18BrClFN/c15-14-11(4-2-6-13(14)17)9-18-8-10-3-1-5-12(16)7-10/h2,4,6,10,12,18H,1,3,5,7-9H2. The van der Waals surface area contributed by atoms with Crippen molar-refractivity contribution in [2.24, 2.45) is 5.92 Å². The summed E-state index contributed by atoms with van der Waals surface area (Å²) in [7, 11) is 0. The number of nitrogens with one attached hydrogen (secondary N) is 1. The SMILES string of the molecule is Fc1cccc(CNCC2CCCC(Cl)C2)c1Br. The minimum absolute atomic E-state index is 0.201. The van der Waals surface area contributed by atoms with E-state index in [-0.39, 0.29) is 5.82 Å². The highest BCUT2D eigenvalue weighted by molar-refractivity contribution is 9.10. The van der Waals surface area contributed by atoms with Crippen molar-refractivity contribution in [2.75, 3.05) is 6.54 Å². The fourth-order valence-corrected chi connectivity index (χ4v) is 3.32. The molecule has 2 atom stereocenters. The number of hydrogen-bond donors (Lipinski definition) is 1. The highest BCUT2D eigenvalue weighted by atomic mass is 79.9. The molecule has 0 aliphatic heterocycles. The molecule has 2 rings (SSSR count). The molecule has 2 unspecified atom stereocenters. The van der Waals surface area contributed by atoms with E-state index in [1.165, 1.54) is 18.9 Å². The molecule has 0 amide bonds. The number of alkyl halides is 1. The van der Waals surface area contributed by atoms with Gasteiger partial charge >= 0.3 is 0 Å². The Morgan fingerprint density at radius 2 is 2.22 bits per heavy atom. The van der Waals surface area contributed by atoms with Gasteiger partial charge in [-0.3, -0.25) is 0 Å². The first-order chi connectivity index (χ1) is 8.66. The van der Waals surface area contributed by atoms with Crippen LogP contribution in [0.5, 0.6) is 0 Å². The second-order valence-corrected chi connectivity index (χ2v) is 6.38. The average Bonchev–Trinajstić information content (AvgIpc) is 2.35. The van der Waals surface area contributed by atoms with Crippen molar-refractivity contribution in [3.05, 3.63) is 34.1 Å². The van der Waals surface area contributed by atoms with E-state index in [0.29, 0.717) is 22.3 Å². The fourth-order valence-electron chi connectivity index (χ4n) is 2.51. The Labute approximate surface area is 121 Å². The summed E-state index contributed by atoms with van der Waals surface area (Å²) in [6, 6.07) is 5.14. The van der Waals surface area contributed by atoms with Crippen LogP contribution in [-0.2, 0) is 6.54 Å². The fraction of sp³-hybridized carbons (Fsp3) is 0.571. The predicted molar refractivity (Wildman–Crippen MR) is 77.4 cm³/mol. The van der Waals surface area contributed by atoms with Crippen LogP contribution in [0.15, 0.2) is 22.7 Å². The van der Waals surface area contributed by atoms with Gasteiger partial charge in [0.05, 0.1) is 4.47 Å². The lowest BCUT2D eigenvalue weighted by Gasteiger charge is -2.25. The zero-order valence-corrected chi connectivity index (χ0v) is 12.6. The molecule has 0 spiro atoms. The zero-order valence-electron chi connectivity index (χ0n) is 10.3. The van der Waals surface area contributed by atoms with Gasteiger partial charge in [-0.1, -0.05) is 18.6 Å². The molecule has 0 radical (unpaired) electrons. The normalized spacial score (nSPS) is 24.2. The first-order valence-electron chi connectivity index (χ1n) is 6.44. The summed E-state index contributed by atoms with van der Waals surface area (Å²) in [6.07, 6.45) is 4.72. The van der Waals surface area contributed by atoms with Crippen LogP contribution >= 0.6 is 27.5 Å². The largest absolute Gasteiger partial charge is 0.312 e. The average molecular weight is 335 g/mol. The molecule has 0 saturated heterocycles. The van der Waals surface area contributed by atoms with Crippen molar-refractivity contribution in [1.29, 1.82) is 0 Å². The van der Waals surface area contributed by atoms with E-state index in [4.69, 9.17) is 11.6 Å². The van der Waals surface area contributed by atoms with Crippen LogP contribution < -0.4 is 5.32 Å². The van der Waals surface area contributed by atoms with Crippen LogP contribution in [0, 0.1) is 11.7 Å². The third-order valence-electron chi connectivity index (χ3n) is 3.50. The van der Waals surface area contributed by atoms with Gasteiger partial charge in [0.25, 0.3) is 0 Å². The Morgan fingerprint density at radius 3 is 3.00 bits per heavy atom. The summed E-state index contributed by atoms with van der Waals surface area (Å²) in [5, 5.41) is 3.74. The minimum Gasteiger partial charge on any atom is -0.312 e. The van der Waals surface area contributed by atoms with Crippen molar-refractivity contribution >= 4 is 27.5 Å². The quantitative estimate of drug-likeness (QED) is 0.801. The summed E-state index contributed by atoms with van der Waals surface area (Å²) in [6.45, 7) is 1.66. The minimum atomic E-state index is -0.201. The molecular formula is C14H18BrClFN. The van der Waals surface area contributed by atoms with Gasteiger partial charge in [0.1, 0.15) is 5.82 Å². The third kappa shape index (κ3) is 3.94. The molecule has 1 fully saturated rings. The Hall–Kier alpha value is -0.120. The molecule has 1 aromatic rings. The van der Waals surface area contributed by atoms with Crippen LogP contribution in [0.3, 0.4) is 0 Å². The first kappa shape index (κ1) is 14.3. The van der Waals surface area contributed by atoms with Crippen molar-refractivity contribution in [2.45, 2.75) is 37.6 Å². The van der Waals surface area contributed by atoms with Crippen LogP contribution in [0.25, 0.3) is 0 Å². The van der Waals surface area contributed by atoms with Crippen molar-refractivity contribution in [1.82, 2.24) is 5.32 Å². The lowest BCUT2D eigenvalue weighted by molar-refractivity contribution is 0.346. The maximum absolute atomic E-state index is 13.3. The Balaban J connectivity index is 1.79. The molecule has 1 nitrogen and oxygen atoms in total.